The highest BCUT2D eigenvalue weighted by atomic mass is 35.5. The van der Waals surface area contributed by atoms with Crippen molar-refractivity contribution < 1.29 is 0 Å². The molecule has 1 aromatic rings. The molecule has 1 fully saturated rings. The van der Waals surface area contributed by atoms with Gasteiger partial charge in [-0.25, -0.2) is 0 Å². The molecular formula is C14H20Cl2N2. The van der Waals surface area contributed by atoms with E-state index in [-0.39, 0.29) is 0 Å². The van der Waals surface area contributed by atoms with Crippen molar-refractivity contribution in [2.75, 3.05) is 20.1 Å². The van der Waals surface area contributed by atoms with Gasteiger partial charge in [0.25, 0.3) is 0 Å². The summed E-state index contributed by atoms with van der Waals surface area (Å²) >= 11 is 12.2. The van der Waals surface area contributed by atoms with Crippen molar-refractivity contribution in [1.82, 2.24) is 4.90 Å². The molecular weight excluding hydrogens is 267 g/mol. The van der Waals surface area contributed by atoms with Crippen LogP contribution in [0.5, 0.6) is 0 Å². The van der Waals surface area contributed by atoms with Gasteiger partial charge in [0, 0.05) is 16.1 Å². The van der Waals surface area contributed by atoms with Crippen LogP contribution in [-0.2, 0) is 0 Å². The molecule has 1 aromatic carbocycles. The Morgan fingerprint density at radius 3 is 2.50 bits per heavy atom. The number of likely N-dealkylation sites (tertiary alicyclic amines) is 1. The molecule has 100 valence electrons. The van der Waals surface area contributed by atoms with Crippen LogP contribution in [0.25, 0.3) is 0 Å². The van der Waals surface area contributed by atoms with Gasteiger partial charge in [0.2, 0.25) is 0 Å². The first-order valence-electron chi connectivity index (χ1n) is 6.48. The minimum absolute atomic E-state index is 0.327. The van der Waals surface area contributed by atoms with E-state index in [4.69, 9.17) is 28.9 Å². The van der Waals surface area contributed by atoms with Gasteiger partial charge in [-0.05, 0) is 62.7 Å². The van der Waals surface area contributed by atoms with E-state index in [2.05, 4.69) is 11.9 Å². The van der Waals surface area contributed by atoms with Crippen LogP contribution in [0, 0.1) is 5.92 Å². The molecule has 2 N–H and O–H groups in total. The number of benzene rings is 1. The second-order valence-electron chi connectivity index (χ2n) is 5.12. The van der Waals surface area contributed by atoms with Gasteiger partial charge >= 0.3 is 0 Å². The molecule has 0 aromatic heterocycles. The van der Waals surface area contributed by atoms with Crippen molar-refractivity contribution in [1.29, 1.82) is 0 Å². The summed E-state index contributed by atoms with van der Waals surface area (Å²) in [5.74, 6) is 0.479. The maximum atomic E-state index is 6.11. The predicted molar refractivity (Wildman–Crippen MR) is 78.2 cm³/mol. The van der Waals surface area contributed by atoms with Gasteiger partial charge < -0.3 is 5.73 Å². The van der Waals surface area contributed by atoms with Gasteiger partial charge in [0.1, 0.15) is 0 Å². The summed E-state index contributed by atoms with van der Waals surface area (Å²) in [5, 5.41) is 1.40. The fourth-order valence-corrected chi connectivity index (χ4v) is 3.49. The largest absolute Gasteiger partial charge is 0.330 e. The molecule has 18 heavy (non-hydrogen) atoms. The average molecular weight is 287 g/mol. The van der Waals surface area contributed by atoms with Crippen molar-refractivity contribution in [2.24, 2.45) is 11.7 Å². The van der Waals surface area contributed by atoms with Crippen molar-refractivity contribution in [3.05, 3.63) is 33.8 Å². The number of halogens is 2. The van der Waals surface area contributed by atoms with E-state index in [0.717, 1.165) is 6.54 Å². The second kappa shape index (κ2) is 6.25. The standard InChI is InChI=1S/C14H20Cl2N2/c1-18-5-3-2-4-10(9-17)14(18)11-6-12(15)8-13(16)7-11/h6-8,10,14H,2-5,9,17H2,1H3. The molecule has 2 rings (SSSR count). The SMILES string of the molecule is CN1CCCCC(CN)C1c1cc(Cl)cc(Cl)c1. The normalized spacial score (nSPS) is 26.0. The number of nitrogens with zero attached hydrogens (tertiary/aromatic N) is 1. The quantitative estimate of drug-likeness (QED) is 0.898. The fraction of sp³-hybridized carbons (Fsp3) is 0.571. The molecule has 0 radical (unpaired) electrons. The molecule has 2 nitrogen and oxygen atoms in total. The molecule has 4 heteroatoms. The van der Waals surface area contributed by atoms with E-state index in [1.807, 2.05) is 12.1 Å². The zero-order chi connectivity index (χ0) is 13.1. The van der Waals surface area contributed by atoms with E-state index in [1.165, 1.54) is 24.8 Å². The smallest absolute Gasteiger partial charge is 0.0424 e. The van der Waals surface area contributed by atoms with Gasteiger partial charge in [0.05, 0.1) is 0 Å². The first-order valence-corrected chi connectivity index (χ1v) is 7.23. The maximum Gasteiger partial charge on any atom is 0.0424 e. The first-order chi connectivity index (χ1) is 8.61. The molecule has 1 aliphatic heterocycles. The van der Waals surface area contributed by atoms with E-state index >= 15 is 0 Å². The van der Waals surface area contributed by atoms with E-state index in [9.17, 15) is 0 Å². The lowest BCUT2D eigenvalue weighted by atomic mass is 9.89. The molecule has 2 atom stereocenters. The summed E-state index contributed by atoms with van der Waals surface area (Å²) in [7, 11) is 2.16. The van der Waals surface area contributed by atoms with Gasteiger partial charge in [-0.15, -0.1) is 0 Å². The van der Waals surface area contributed by atoms with Crippen LogP contribution in [0.15, 0.2) is 18.2 Å². The lowest BCUT2D eigenvalue weighted by Crippen LogP contribution is -2.33. The number of hydrogen-bond acceptors (Lipinski definition) is 2. The Bertz CT molecular complexity index is 389. The molecule has 2 unspecified atom stereocenters. The Kier molecular flexibility index (Phi) is 4.91. The minimum atomic E-state index is 0.327. The van der Waals surface area contributed by atoms with Crippen LogP contribution < -0.4 is 5.73 Å². The summed E-state index contributed by atoms with van der Waals surface area (Å²) in [5.41, 5.74) is 7.13. The van der Waals surface area contributed by atoms with Crippen LogP contribution in [0.2, 0.25) is 10.0 Å². The lowest BCUT2D eigenvalue weighted by molar-refractivity contribution is 0.196. The van der Waals surface area contributed by atoms with Crippen LogP contribution in [-0.4, -0.2) is 25.0 Å². The van der Waals surface area contributed by atoms with Gasteiger partial charge in [-0.1, -0.05) is 29.6 Å². The van der Waals surface area contributed by atoms with E-state index < -0.39 is 0 Å². The van der Waals surface area contributed by atoms with E-state index in [1.54, 1.807) is 6.07 Å². The Balaban J connectivity index is 2.36. The van der Waals surface area contributed by atoms with Crippen molar-refractivity contribution >= 4 is 23.2 Å². The molecule has 1 aliphatic rings. The Hall–Kier alpha value is -0.280. The summed E-state index contributed by atoms with van der Waals surface area (Å²) in [6, 6.07) is 6.14. The average Bonchev–Trinajstić information content (AvgIpc) is 2.49. The third-order valence-corrected chi connectivity index (χ3v) is 4.22. The highest BCUT2D eigenvalue weighted by Crippen LogP contribution is 2.35. The molecule has 0 spiro atoms. The molecule has 0 amide bonds. The Morgan fingerprint density at radius 2 is 1.89 bits per heavy atom. The van der Waals surface area contributed by atoms with Crippen molar-refractivity contribution in [3.63, 3.8) is 0 Å². The molecule has 0 bridgehead atoms. The Labute approximate surface area is 119 Å². The monoisotopic (exact) mass is 286 g/mol. The van der Waals surface area contributed by atoms with Gasteiger partial charge in [-0.2, -0.15) is 0 Å². The van der Waals surface area contributed by atoms with Crippen LogP contribution >= 0.6 is 23.2 Å². The fourth-order valence-electron chi connectivity index (χ4n) is 2.94. The van der Waals surface area contributed by atoms with Gasteiger partial charge in [0.15, 0.2) is 0 Å². The topological polar surface area (TPSA) is 29.3 Å². The second-order valence-corrected chi connectivity index (χ2v) is 5.99. The Morgan fingerprint density at radius 1 is 1.22 bits per heavy atom. The van der Waals surface area contributed by atoms with Crippen LogP contribution in [0.3, 0.4) is 0 Å². The minimum Gasteiger partial charge on any atom is -0.330 e. The summed E-state index contributed by atoms with van der Waals surface area (Å²) in [6.07, 6.45) is 3.66. The lowest BCUT2D eigenvalue weighted by Gasteiger charge is -2.32. The first kappa shape index (κ1) is 14.1. The third kappa shape index (κ3) is 3.18. The molecule has 1 saturated heterocycles. The zero-order valence-electron chi connectivity index (χ0n) is 10.7. The highest BCUT2D eigenvalue weighted by Gasteiger charge is 2.28. The number of rotatable bonds is 2. The predicted octanol–water partition coefficient (Wildman–Crippen LogP) is 3.73. The van der Waals surface area contributed by atoms with Crippen LogP contribution in [0.4, 0.5) is 0 Å². The molecule has 0 saturated carbocycles. The number of nitrogens with two attached hydrogens (primary N) is 1. The maximum absolute atomic E-state index is 6.11. The van der Waals surface area contributed by atoms with Crippen LogP contribution in [0.1, 0.15) is 30.9 Å². The third-order valence-electron chi connectivity index (χ3n) is 3.79. The molecule has 1 heterocycles. The van der Waals surface area contributed by atoms with Crippen molar-refractivity contribution in [2.45, 2.75) is 25.3 Å². The molecule has 0 aliphatic carbocycles. The summed E-state index contributed by atoms with van der Waals surface area (Å²) in [4.78, 5) is 2.38. The van der Waals surface area contributed by atoms with Crippen molar-refractivity contribution in [3.8, 4) is 0 Å². The summed E-state index contributed by atoms with van der Waals surface area (Å²) in [6.45, 7) is 1.81. The van der Waals surface area contributed by atoms with Gasteiger partial charge in [-0.3, -0.25) is 4.90 Å². The number of hydrogen-bond donors (Lipinski definition) is 1. The summed E-state index contributed by atoms with van der Waals surface area (Å²) < 4.78 is 0. The zero-order valence-corrected chi connectivity index (χ0v) is 12.2. The highest BCUT2D eigenvalue weighted by molar-refractivity contribution is 6.34. The van der Waals surface area contributed by atoms with E-state index in [0.29, 0.717) is 28.5 Å².